The van der Waals surface area contributed by atoms with Crippen molar-refractivity contribution in [2.24, 2.45) is 0 Å². The minimum Gasteiger partial charge on any atom is -0.469 e. The summed E-state index contributed by atoms with van der Waals surface area (Å²) in [4.78, 5) is 24.1. The molecule has 12 nitrogen and oxygen atoms in total. The van der Waals surface area contributed by atoms with Gasteiger partial charge in [0.15, 0.2) is 12.6 Å². The average molecular weight is 826 g/mol. The summed E-state index contributed by atoms with van der Waals surface area (Å²) in [5, 5.41) is 14.7. The number of hydrogen-bond donors (Lipinski definition) is 2. The first-order valence-electron chi connectivity index (χ1n) is 20.4. The minimum absolute atomic E-state index is 0.0483. The number of amides is 1. The molecule has 2 aliphatic heterocycles. The second-order valence-electron chi connectivity index (χ2n) is 14.8. The van der Waals surface area contributed by atoms with E-state index in [1.54, 1.807) is 0 Å². The van der Waals surface area contributed by atoms with Gasteiger partial charge in [-0.3, -0.25) is 9.59 Å². The lowest BCUT2D eigenvalue weighted by molar-refractivity contribution is -0.352. The van der Waals surface area contributed by atoms with Crippen LogP contribution in [0.4, 0.5) is 0 Å². The van der Waals surface area contributed by atoms with E-state index in [1.807, 2.05) is 97.9 Å². The molecule has 13 heteroatoms. The van der Waals surface area contributed by atoms with Crippen molar-refractivity contribution in [1.29, 1.82) is 0 Å². The Morgan fingerprint density at radius 2 is 1.19 bits per heavy atom. The topological polar surface area (TPSA) is 140 Å². The molecule has 2 heterocycles. The summed E-state index contributed by atoms with van der Waals surface area (Å²) >= 11 is 6.37. The number of aliphatic hydroxyl groups excluding tert-OH is 1. The highest BCUT2D eigenvalue weighted by atomic mass is 35.5. The molecule has 2 fully saturated rings. The van der Waals surface area contributed by atoms with Gasteiger partial charge in [0.25, 0.3) is 0 Å². The fraction of sp³-hybridized carbons (Fsp3) is 0.556. The van der Waals surface area contributed by atoms with Gasteiger partial charge in [0.2, 0.25) is 5.91 Å². The maximum Gasteiger partial charge on any atom is 0.305 e. The molecular weight excluding hydrogens is 766 g/mol. The van der Waals surface area contributed by atoms with E-state index in [0.29, 0.717) is 19.6 Å². The normalized spacial score (nSPS) is 27.2. The van der Waals surface area contributed by atoms with Crippen LogP contribution in [0, 0.1) is 0 Å². The molecule has 58 heavy (non-hydrogen) atoms. The summed E-state index contributed by atoms with van der Waals surface area (Å²) in [6, 6.07) is 28.6. The Balaban J connectivity index is 1.36. The number of ether oxygens (including phenoxy) is 8. The number of methoxy groups -OCH3 is 1. The SMILES string of the molecule is COC(=O)CCCCCCCCO[C@@H]1O[C@H](CCl)[C@@H](O)[C@H](O[C@@H]2O[C@@H](C)[C@@H](OCc3ccccc3)[C@@H](OCc3ccccc3)[C@@H]2OCc2ccccc2)[C@H]1NC(C)=O. The predicted molar refractivity (Wildman–Crippen MR) is 218 cm³/mol. The molecule has 2 aliphatic rings. The molecule has 0 aromatic heterocycles. The summed E-state index contributed by atoms with van der Waals surface area (Å²) in [7, 11) is 1.40. The van der Waals surface area contributed by atoms with Crippen LogP contribution in [0.3, 0.4) is 0 Å². The predicted octanol–water partition coefficient (Wildman–Crippen LogP) is 6.62. The Morgan fingerprint density at radius 3 is 1.72 bits per heavy atom. The molecule has 2 N–H and O–H groups in total. The van der Waals surface area contributed by atoms with Crippen molar-refractivity contribution >= 4 is 23.5 Å². The molecule has 318 valence electrons. The quantitative estimate of drug-likeness (QED) is 0.0606. The fourth-order valence-electron chi connectivity index (χ4n) is 7.25. The number of aliphatic hydroxyl groups is 1. The van der Waals surface area contributed by atoms with Gasteiger partial charge in [0.1, 0.15) is 42.7 Å². The Bertz CT molecular complexity index is 1610. The molecule has 2 saturated heterocycles. The monoisotopic (exact) mass is 825 g/mol. The molecule has 3 aromatic carbocycles. The van der Waals surface area contributed by atoms with Gasteiger partial charge in [-0.1, -0.05) is 117 Å². The van der Waals surface area contributed by atoms with E-state index in [1.165, 1.54) is 14.0 Å². The highest BCUT2D eigenvalue weighted by molar-refractivity contribution is 6.18. The number of esters is 1. The Labute approximate surface area is 347 Å². The van der Waals surface area contributed by atoms with E-state index in [0.717, 1.165) is 55.2 Å². The molecule has 0 spiro atoms. The van der Waals surface area contributed by atoms with Crippen LogP contribution in [0.25, 0.3) is 0 Å². The van der Waals surface area contributed by atoms with Gasteiger partial charge >= 0.3 is 5.97 Å². The Kier molecular flexibility index (Phi) is 19.4. The summed E-state index contributed by atoms with van der Waals surface area (Å²) in [5.74, 6) is -0.592. The number of halogens is 1. The molecule has 0 aliphatic carbocycles. The number of nitrogens with one attached hydrogen (secondary N) is 1. The molecule has 0 radical (unpaired) electrons. The molecular formula is C45H60ClNO11. The van der Waals surface area contributed by atoms with Crippen molar-refractivity contribution in [2.75, 3.05) is 19.6 Å². The smallest absolute Gasteiger partial charge is 0.305 e. The third-order valence-electron chi connectivity index (χ3n) is 10.4. The summed E-state index contributed by atoms with van der Waals surface area (Å²) < 4.78 is 50.6. The van der Waals surface area contributed by atoms with E-state index in [-0.39, 0.29) is 31.0 Å². The minimum atomic E-state index is -1.26. The van der Waals surface area contributed by atoms with Crippen LogP contribution in [0.1, 0.15) is 75.5 Å². The van der Waals surface area contributed by atoms with Crippen LogP contribution >= 0.6 is 11.6 Å². The third-order valence-corrected chi connectivity index (χ3v) is 10.7. The maximum absolute atomic E-state index is 12.7. The van der Waals surface area contributed by atoms with Gasteiger partial charge in [0.05, 0.1) is 38.9 Å². The standard InChI is InChI=1S/C45H60ClNO11/c1-31-40(53-28-33-19-11-8-12-20-33)42(54-29-34-21-13-9-14-22-34)43(55-30-35-23-15-10-16-24-35)45(56-31)58-41-38(47-32(2)48)44(57-36(27-46)39(41)50)52-26-18-7-5-4-6-17-25-37(49)51-3/h8-16,19-24,31,36,38-45,50H,4-7,17-18,25-30H2,1-3H3,(H,47,48)/t31-,36+,38+,39+,40+,41+,42+,43-,44+,45-/m0/s1. The van der Waals surface area contributed by atoms with Gasteiger partial charge in [0, 0.05) is 20.0 Å². The number of unbranched alkanes of at least 4 members (excludes halogenated alkanes) is 5. The van der Waals surface area contributed by atoms with Gasteiger partial charge in [-0.2, -0.15) is 0 Å². The van der Waals surface area contributed by atoms with Crippen LogP contribution < -0.4 is 5.32 Å². The Hall–Kier alpha value is -3.43. The van der Waals surface area contributed by atoms with Gasteiger partial charge in [-0.25, -0.2) is 0 Å². The van der Waals surface area contributed by atoms with Gasteiger partial charge < -0.3 is 48.3 Å². The first-order valence-corrected chi connectivity index (χ1v) is 20.9. The summed E-state index contributed by atoms with van der Waals surface area (Å²) in [5.41, 5.74) is 2.90. The van der Waals surface area contributed by atoms with Gasteiger partial charge in [-0.05, 0) is 36.5 Å². The van der Waals surface area contributed by atoms with Crippen molar-refractivity contribution in [3.63, 3.8) is 0 Å². The largest absolute Gasteiger partial charge is 0.469 e. The third kappa shape index (κ3) is 14.1. The first kappa shape index (κ1) is 45.7. The fourth-order valence-corrected chi connectivity index (χ4v) is 7.51. The van der Waals surface area contributed by atoms with Crippen molar-refractivity contribution in [1.82, 2.24) is 5.32 Å². The van der Waals surface area contributed by atoms with Crippen molar-refractivity contribution < 1.29 is 52.6 Å². The van der Waals surface area contributed by atoms with Crippen LogP contribution in [0.15, 0.2) is 91.0 Å². The number of rotatable bonds is 23. The lowest BCUT2D eigenvalue weighted by atomic mass is 9.95. The zero-order valence-corrected chi connectivity index (χ0v) is 34.6. The van der Waals surface area contributed by atoms with E-state index >= 15 is 0 Å². The zero-order chi connectivity index (χ0) is 41.1. The Morgan fingerprint density at radius 1 is 0.672 bits per heavy atom. The molecule has 1 amide bonds. The number of alkyl halides is 1. The van der Waals surface area contributed by atoms with E-state index < -0.39 is 61.3 Å². The van der Waals surface area contributed by atoms with E-state index in [9.17, 15) is 14.7 Å². The van der Waals surface area contributed by atoms with Gasteiger partial charge in [-0.15, -0.1) is 11.6 Å². The van der Waals surface area contributed by atoms with Crippen LogP contribution in [0.2, 0.25) is 0 Å². The van der Waals surface area contributed by atoms with Crippen molar-refractivity contribution in [2.45, 2.75) is 140 Å². The second kappa shape index (κ2) is 24.6. The molecule has 3 aromatic rings. The molecule has 0 saturated carbocycles. The summed E-state index contributed by atoms with van der Waals surface area (Å²) in [6.07, 6.45) is -2.13. The molecule has 10 atom stereocenters. The zero-order valence-electron chi connectivity index (χ0n) is 33.8. The molecule has 0 unspecified atom stereocenters. The molecule has 5 rings (SSSR count). The second-order valence-corrected chi connectivity index (χ2v) is 15.1. The van der Waals surface area contributed by atoms with Crippen molar-refractivity contribution in [3.05, 3.63) is 108 Å². The van der Waals surface area contributed by atoms with E-state index in [2.05, 4.69) is 5.32 Å². The number of benzene rings is 3. The van der Waals surface area contributed by atoms with Crippen LogP contribution in [-0.2, 0) is 67.3 Å². The number of hydrogen-bond acceptors (Lipinski definition) is 11. The van der Waals surface area contributed by atoms with Crippen LogP contribution in [0.5, 0.6) is 0 Å². The average Bonchev–Trinajstić information content (AvgIpc) is 3.24. The highest BCUT2D eigenvalue weighted by Crippen LogP contribution is 2.34. The number of carbonyl (C=O) groups excluding carboxylic acids is 2. The first-order chi connectivity index (χ1) is 28.3. The molecule has 0 bridgehead atoms. The highest BCUT2D eigenvalue weighted by Gasteiger charge is 2.53. The summed E-state index contributed by atoms with van der Waals surface area (Å²) in [6.45, 7) is 4.44. The van der Waals surface area contributed by atoms with Crippen LogP contribution in [-0.4, -0.2) is 97.9 Å². The van der Waals surface area contributed by atoms with E-state index in [4.69, 9.17) is 49.5 Å². The lowest BCUT2D eigenvalue weighted by Crippen LogP contribution is -2.68. The maximum atomic E-state index is 12.7. The lowest BCUT2D eigenvalue weighted by Gasteiger charge is -2.49. The van der Waals surface area contributed by atoms with Crippen molar-refractivity contribution in [3.8, 4) is 0 Å². The number of carbonyl (C=O) groups is 2.